The highest BCUT2D eigenvalue weighted by atomic mass is 16.7. The molecule has 6 nitrogen and oxygen atoms in total. The van der Waals surface area contributed by atoms with Crippen molar-refractivity contribution in [3.63, 3.8) is 0 Å². The van der Waals surface area contributed by atoms with Crippen LogP contribution in [0.4, 0.5) is 0 Å². The van der Waals surface area contributed by atoms with E-state index < -0.39 is 0 Å². The molecule has 1 unspecified atom stereocenters. The Balaban J connectivity index is 1.15. The van der Waals surface area contributed by atoms with Gasteiger partial charge >= 0.3 is 0 Å². The predicted molar refractivity (Wildman–Crippen MR) is 140 cm³/mol. The van der Waals surface area contributed by atoms with Crippen molar-refractivity contribution in [1.29, 1.82) is 0 Å². The number of hydrogen-bond donors (Lipinski definition) is 0. The van der Waals surface area contributed by atoms with Crippen LogP contribution in [-0.4, -0.2) is 53.2 Å². The molecule has 1 amide bonds. The predicted octanol–water partition coefficient (Wildman–Crippen LogP) is 4.77. The third-order valence-corrected chi connectivity index (χ3v) is 7.45. The van der Waals surface area contributed by atoms with E-state index in [2.05, 4.69) is 83.4 Å². The summed E-state index contributed by atoms with van der Waals surface area (Å²) >= 11 is 0. The average Bonchev–Trinajstić information content (AvgIpc) is 3.52. The molecule has 0 bridgehead atoms. The van der Waals surface area contributed by atoms with E-state index in [1.165, 1.54) is 27.6 Å². The molecule has 3 heterocycles. The molecule has 1 atom stereocenters. The van der Waals surface area contributed by atoms with Crippen LogP contribution in [0.3, 0.4) is 0 Å². The number of nitrogens with zero attached hydrogens (tertiary/aromatic N) is 3. The molecule has 6 heteroatoms. The zero-order chi connectivity index (χ0) is 24.5. The molecular formula is C30H31N3O3. The van der Waals surface area contributed by atoms with Crippen LogP contribution in [0.5, 0.6) is 11.5 Å². The Morgan fingerprint density at radius 1 is 0.889 bits per heavy atom. The summed E-state index contributed by atoms with van der Waals surface area (Å²) in [6.07, 6.45) is 2.67. The molecule has 0 spiro atoms. The van der Waals surface area contributed by atoms with Gasteiger partial charge in [-0.2, -0.15) is 0 Å². The van der Waals surface area contributed by atoms with Gasteiger partial charge in [0.05, 0.1) is 0 Å². The molecule has 3 aromatic carbocycles. The molecule has 1 aromatic heterocycles. The number of hydrogen-bond acceptors (Lipinski definition) is 4. The fourth-order valence-corrected chi connectivity index (χ4v) is 5.50. The zero-order valence-corrected chi connectivity index (χ0v) is 20.6. The van der Waals surface area contributed by atoms with E-state index in [0.29, 0.717) is 13.2 Å². The standard InChI is InChI=1S/C30H31N3O3/c1-31-20-26(24-9-5-6-10-27(24)31)25(23-7-3-2-4-8-23)18-30(34)33-15-13-32(14-16-33)19-22-11-12-28-29(17-22)36-21-35-28/h2-12,17,20,25H,13-16,18-19,21H2,1H3. The maximum absolute atomic E-state index is 13.6. The van der Waals surface area contributed by atoms with Gasteiger partial charge in [-0.05, 0) is 34.9 Å². The molecule has 0 N–H and O–H groups in total. The molecule has 0 saturated carbocycles. The molecule has 4 aromatic rings. The number of fused-ring (bicyclic) bond motifs is 2. The van der Waals surface area contributed by atoms with Crippen LogP contribution < -0.4 is 9.47 Å². The molecule has 6 rings (SSSR count). The van der Waals surface area contributed by atoms with Crippen LogP contribution in [0, 0.1) is 0 Å². The smallest absolute Gasteiger partial charge is 0.231 e. The lowest BCUT2D eigenvalue weighted by molar-refractivity contribution is -0.133. The minimum absolute atomic E-state index is 0.0245. The minimum Gasteiger partial charge on any atom is -0.454 e. The first-order valence-corrected chi connectivity index (χ1v) is 12.6. The van der Waals surface area contributed by atoms with Gasteiger partial charge < -0.3 is 18.9 Å². The molecule has 2 aliphatic heterocycles. The summed E-state index contributed by atoms with van der Waals surface area (Å²) < 4.78 is 13.1. The number of ether oxygens (including phenoxy) is 2. The van der Waals surface area contributed by atoms with Crippen LogP contribution in [0.1, 0.15) is 29.0 Å². The van der Waals surface area contributed by atoms with Crippen molar-refractivity contribution in [2.75, 3.05) is 33.0 Å². The first-order valence-electron chi connectivity index (χ1n) is 12.6. The number of carbonyl (C=O) groups excluding carboxylic acids is 1. The van der Waals surface area contributed by atoms with E-state index >= 15 is 0 Å². The Kier molecular flexibility index (Phi) is 6.11. The van der Waals surface area contributed by atoms with Crippen molar-refractivity contribution in [1.82, 2.24) is 14.4 Å². The van der Waals surface area contributed by atoms with Gasteiger partial charge in [0.2, 0.25) is 12.7 Å². The number of rotatable bonds is 6. The van der Waals surface area contributed by atoms with Crippen molar-refractivity contribution < 1.29 is 14.3 Å². The largest absolute Gasteiger partial charge is 0.454 e. The van der Waals surface area contributed by atoms with Gasteiger partial charge in [-0.1, -0.05) is 54.6 Å². The fourth-order valence-electron chi connectivity index (χ4n) is 5.50. The van der Waals surface area contributed by atoms with E-state index in [-0.39, 0.29) is 11.8 Å². The number of aryl methyl sites for hydroxylation is 1. The van der Waals surface area contributed by atoms with Crippen molar-refractivity contribution in [3.05, 3.63) is 95.7 Å². The lowest BCUT2D eigenvalue weighted by Gasteiger charge is -2.35. The number of para-hydroxylation sites is 1. The number of carbonyl (C=O) groups is 1. The molecule has 1 fully saturated rings. The molecule has 0 aliphatic carbocycles. The highest BCUT2D eigenvalue weighted by Crippen LogP contribution is 2.35. The number of benzene rings is 3. The fraction of sp³-hybridized carbons (Fsp3) is 0.300. The van der Waals surface area contributed by atoms with Crippen molar-refractivity contribution in [2.45, 2.75) is 18.9 Å². The van der Waals surface area contributed by atoms with Crippen LogP contribution >= 0.6 is 0 Å². The second-order valence-electron chi connectivity index (χ2n) is 9.72. The highest BCUT2D eigenvalue weighted by Gasteiger charge is 2.27. The average molecular weight is 482 g/mol. The maximum Gasteiger partial charge on any atom is 0.231 e. The van der Waals surface area contributed by atoms with Gasteiger partial charge in [0.15, 0.2) is 11.5 Å². The first-order chi connectivity index (χ1) is 17.7. The number of amides is 1. The van der Waals surface area contributed by atoms with Gasteiger partial charge in [-0.25, -0.2) is 0 Å². The minimum atomic E-state index is 0.0245. The summed E-state index contributed by atoms with van der Waals surface area (Å²) in [6, 6.07) is 25.0. The summed E-state index contributed by atoms with van der Waals surface area (Å²) in [7, 11) is 2.08. The Labute approximate surface area is 211 Å². The molecule has 1 saturated heterocycles. The second-order valence-corrected chi connectivity index (χ2v) is 9.72. The van der Waals surface area contributed by atoms with Gasteiger partial charge in [0.25, 0.3) is 0 Å². The maximum atomic E-state index is 13.6. The van der Waals surface area contributed by atoms with Crippen LogP contribution in [-0.2, 0) is 18.4 Å². The number of piperazine rings is 1. The van der Waals surface area contributed by atoms with Gasteiger partial charge in [0.1, 0.15) is 0 Å². The SMILES string of the molecule is Cn1cc(C(CC(=O)N2CCN(Cc3ccc4c(c3)OCO4)CC2)c2ccccc2)c2ccccc21. The van der Waals surface area contributed by atoms with Crippen LogP contribution in [0.25, 0.3) is 10.9 Å². The molecule has 36 heavy (non-hydrogen) atoms. The summed E-state index contributed by atoms with van der Waals surface area (Å²) in [4.78, 5) is 18.0. The normalized spacial score (nSPS) is 16.4. The Morgan fingerprint density at radius 2 is 1.64 bits per heavy atom. The third kappa shape index (κ3) is 4.44. The van der Waals surface area contributed by atoms with E-state index in [1.807, 2.05) is 17.0 Å². The van der Waals surface area contributed by atoms with E-state index in [1.54, 1.807) is 0 Å². The van der Waals surface area contributed by atoms with Crippen molar-refractivity contribution in [3.8, 4) is 11.5 Å². The highest BCUT2D eigenvalue weighted by molar-refractivity contribution is 5.86. The molecular weight excluding hydrogens is 450 g/mol. The zero-order valence-electron chi connectivity index (χ0n) is 20.6. The molecule has 184 valence electrons. The summed E-state index contributed by atoms with van der Waals surface area (Å²) in [5.74, 6) is 1.88. The third-order valence-electron chi connectivity index (χ3n) is 7.45. The van der Waals surface area contributed by atoms with Crippen molar-refractivity contribution >= 4 is 16.8 Å². The lowest BCUT2D eigenvalue weighted by Crippen LogP contribution is -2.48. The Hall–Kier alpha value is -3.77. The van der Waals surface area contributed by atoms with Crippen LogP contribution in [0.2, 0.25) is 0 Å². The van der Waals surface area contributed by atoms with E-state index in [0.717, 1.165) is 44.2 Å². The first kappa shape index (κ1) is 22.7. The molecule has 0 radical (unpaired) electrons. The summed E-state index contributed by atoms with van der Waals surface area (Å²) in [6.45, 7) is 4.37. The summed E-state index contributed by atoms with van der Waals surface area (Å²) in [5.41, 5.74) is 4.80. The lowest BCUT2D eigenvalue weighted by atomic mass is 9.87. The Bertz CT molecular complexity index is 1370. The van der Waals surface area contributed by atoms with E-state index in [9.17, 15) is 4.79 Å². The molecule has 2 aliphatic rings. The van der Waals surface area contributed by atoms with Crippen molar-refractivity contribution in [2.24, 2.45) is 7.05 Å². The van der Waals surface area contributed by atoms with E-state index in [4.69, 9.17) is 9.47 Å². The van der Waals surface area contributed by atoms with Gasteiger partial charge in [0, 0.05) is 69.2 Å². The van der Waals surface area contributed by atoms with Gasteiger partial charge in [-0.15, -0.1) is 0 Å². The number of aromatic nitrogens is 1. The monoisotopic (exact) mass is 481 g/mol. The quantitative estimate of drug-likeness (QED) is 0.398. The second kappa shape index (κ2) is 9.70. The topological polar surface area (TPSA) is 46.9 Å². The summed E-state index contributed by atoms with van der Waals surface area (Å²) in [5, 5.41) is 1.22. The van der Waals surface area contributed by atoms with Gasteiger partial charge in [-0.3, -0.25) is 9.69 Å². The Morgan fingerprint density at radius 3 is 2.47 bits per heavy atom. The van der Waals surface area contributed by atoms with Crippen LogP contribution in [0.15, 0.2) is 79.0 Å².